The van der Waals surface area contributed by atoms with Crippen LogP contribution in [0.25, 0.3) is 0 Å². The zero-order valence-electron chi connectivity index (χ0n) is 11.5. The fourth-order valence-corrected chi connectivity index (χ4v) is 1.74. The maximum Gasteiger partial charge on any atom is 0.335 e. The van der Waals surface area contributed by atoms with E-state index in [1.807, 2.05) is 13.8 Å². The molecule has 20 heavy (non-hydrogen) atoms. The molecule has 0 unspecified atom stereocenters. The van der Waals surface area contributed by atoms with Crippen LogP contribution in [-0.4, -0.2) is 47.1 Å². The molecule has 0 bridgehead atoms. The summed E-state index contributed by atoms with van der Waals surface area (Å²) in [6, 6.07) is 3.63. The number of nitrogens with zero attached hydrogens (tertiary/aromatic N) is 2. The summed E-state index contributed by atoms with van der Waals surface area (Å²) in [6.07, 6.45) is 0. The van der Waals surface area contributed by atoms with Crippen molar-refractivity contribution in [2.24, 2.45) is 0 Å². The van der Waals surface area contributed by atoms with Crippen molar-refractivity contribution in [3.8, 4) is 5.75 Å². The minimum atomic E-state index is -1.21. The van der Waals surface area contributed by atoms with Gasteiger partial charge in [0.15, 0.2) is 5.75 Å². The molecule has 0 aliphatic carbocycles. The number of ether oxygens (including phenoxy) is 1. The highest BCUT2D eigenvalue weighted by atomic mass is 16.6. The Balaban J connectivity index is 2.79. The van der Waals surface area contributed by atoms with Crippen molar-refractivity contribution in [1.82, 2.24) is 4.90 Å². The molecule has 0 fully saturated rings. The van der Waals surface area contributed by atoms with Gasteiger partial charge in [0.05, 0.1) is 10.5 Å². The molecule has 0 saturated carbocycles. The van der Waals surface area contributed by atoms with Crippen molar-refractivity contribution in [2.75, 3.05) is 26.2 Å². The molecule has 0 aromatic heterocycles. The van der Waals surface area contributed by atoms with E-state index >= 15 is 0 Å². The van der Waals surface area contributed by atoms with Gasteiger partial charge in [-0.3, -0.25) is 10.1 Å². The first kappa shape index (κ1) is 15.9. The molecule has 1 N–H and O–H groups in total. The second-order valence-corrected chi connectivity index (χ2v) is 4.12. The van der Waals surface area contributed by atoms with Gasteiger partial charge in [-0.25, -0.2) is 4.79 Å². The number of rotatable bonds is 8. The zero-order chi connectivity index (χ0) is 15.1. The van der Waals surface area contributed by atoms with Gasteiger partial charge in [0.1, 0.15) is 6.61 Å². The summed E-state index contributed by atoms with van der Waals surface area (Å²) in [7, 11) is 0. The van der Waals surface area contributed by atoms with Crippen LogP contribution in [0, 0.1) is 10.1 Å². The summed E-state index contributed by atoms with van der Waals surface area (Å²) >= 11 is 0. The molecule has 0 radical (unpaired) electrons. The third-order valence-corrected chi connectivity index (χ3v) is 2.96. The molecule has 110 valence electrons. The molecule has 0 atom stereocenters. The van der Waals surface area contributed by atoms with Crippen molar-refractivity contribution < 1.29 is 19.6 Å². The smallest absolute Gasteiger partial charge is 0.335 e. The van der Waals surface area contributed by atoms with Crippen LogP contribution in [0.3, 0.4) is 0 Å². The van der Waals surface area contributed by atoms with Gasteiger partial charge in [-0.05, 0) is 25.2 Å². The Morgan fingerprint density at radius 2 is 2.05 bits per heavy atom. The predicted molar refractivity (Wildman–Crippen MR) is 73.3 cm³/mol. The molecule has 1 aromatic carbocycles. The van der Waals surface area contributed by atoms with Crippen molar-refractivity contribution in [3.63, 3.8) is 0 Å². The number of hydrogen-bond donors (Lipinski definition) is 1. The highest BCUT2D eigenvalue weighted by molar-refractivity contribution is 5.88. The average molecular weight is 282 g/mol. The molecule has 0 saturated heterocycles. The zero-order valence-corrected chi connectivity index (χ0v) is 11.5. The Kier molecular flexibility index (Phi) is 5.92. The summed E-state index contributed by atoms with van der Waals surface area (Å²) in [5, 5.41) is 19.8. The third-order valence-electron chi connectivity index (χ3n) is 2.96. The van der Waals surface area contributed by atoms with Crippen molar-refractivity contribution >= 4 is 11.7 Å². The number of carboxylic acid groups (broad SMARTS) is 1. The van der Waals surface area contributed by atoms with Crippen LogP contribution >= 0.6 is 0 Å². The number of aromatic carboxylic acids is 1. The largest absolute Gasteiger partial charge is 0.485 e. The Morgan fingerprint density at radius 3 is 2.55 bits per heavy atom. The maximum atomic E-state index is 10.9. The van der Waals surface area contributed by atoms with Crippen LogP contribution in [0.2, 0.25) is 0 Å². The van der Waals surface area contributed by atoms with Gasteiger partial charge in [-0.1, -0.05) is 13.8 Å². The first-order valence-corrected chi connectivity index (χ1v) is 6.36. The van der Waals surface area contributed by atoms with E-state index in [1.165, 1.54) is 12.1 Å². The normalized spacial score (nSPS) is 10.6. The topological polar surface area (TPSA) is 92.9 Å². The second kappa shape index (κ2) is 7.44. The van der Waals surface area contributed by atoms with Crippen LogP contribution in [0.15, 0.2) is 18.2 Å². The first-order chi connectivity index (χ1) is 9.49. The number of benzene rings is 1. The standard InChI is InChI=1S/C13H18N2O5/c1-3-14(4-2)7-8-20-12-6-5-10(13(16)17)9-11(12)15(18)19/h5-6,9H,3-4,7-8H2,1-2H3,(H,16,17). The number of likely N-dealkylation sites (N-methyl/N-ethyl adjacent to an activating group) is 1. The molecule has 7 nitrogen and oxygen atoms in total. The Hall–Kier alpha value is -2.15. The summed E-state index contributed by atoms with van der Waals surface area (Å²) in [5.41, 5.74) is -0.461. The molecule has 0 spiro atoms. The second-order valence-electron chi connectivity index (χ2n) is 4.12. The predicted octanol–water partition coefficient (Wildman–Crippen LogP) is 2.01. The van der Waals surface area contributed by atoms with Gasteiger partial charge in [0.2, 0.25) is 0 Å². The van der Waals surface area contributed by atoms with Crippen molar-refractivity contribution in [2.45, 2.75) is 13.8 Å². The molecule has 1 rings (SSSR count). The lowest BCUT2D eigenvalue weighted by atomic mass is 10.2. The molecule has 0 amide bonds. The molecule has 0 aliphatic heterocycles. The van der Waals surface area contributed by atoms with E-state index in [4.69, 9.17) is 9.84 Å². The lowest BCUT2D eigenvalue weighted by Gasteiger charge is -2.17. The maximum absolute atomic E-state index is 10.9. The summed E-state index contributed by atoms with van der Waals surface area (Å²) < 4.78 is 5.39. The van der Waals surface area contributed by atoms with Gasteiger partial charge < -0.3 is 14.7 Å². The van der Waals surface area contributed by atoms with Gasteiger partial charge in [-0.2, -0.15) is 0 Å². The highest BCUT2D eigenvalue weighted by Gasteiger charge is 2.18. The fourth-order valence-electron chi connectivity index (χ4n) is 1.74. The SMILES string of the molecule is CCN(CC)CCOc1ccc(C(=O)O)cc1[N+](=O)[O-]. The molecule has 1 aromatic rings. The van der Waals surface area contributed by atoms with Crippen molar-refractivity contribution in [3.05, 3.63) is 33.9 Å². The average Bonchev–Trinajstić information content (AvgIpc) is 2.43. The van der Waals surface area contributed by atoms with Crippen LogP contribution in [-0.2, 0) is 0 Å². The lowest BCUT2D eigenvalue weighted by Crippen LogP contribution is -2.28. The molecule has 7 heteroatoms. The molecule has 0 heterocycles. The molecular weight excluding hydrogens is 264 g/mol. The van der Waals surface area contributed by atoms with Gasteiger partial charge in [-0.15, -0.1) is 0 Å². The molecule has 0 aliphatic rings. The van der Waals surface area contributed by atoms with Gasteiger partial charge in [0, 0.05) is 12.6 Å². The van der Waals surface area contributed by atoms with E-state index < -0.39 is 10.9 Å². The Labute approximate surface area is 116 Å². The minimum absolute atomic E-state index is 0.0900. The van der Waals surface area contributed by atoms with Crippen LogP contribution in [0.1, 0.15) is 24.2 Å². The van der Waals surface area contributed by atoms with Crippen molar-refractivity contribution in [1.29, 1.82) is 0 Å². The van der Waals surface area contributed by atoms with E-state index in [0.717, 1.165) is 19.2 Å². The number of carboxylic acids is 1. The highest BCUT2D eigenvalue weighted by Crippen LogP contribution is 2.27. The van der Waals surface area contributed by atoms with Gasteiger partial charge >= 0.3 is 11.7 Å². The molecular formula is C13H18N2O5. The third kappa shape index (κ3) is 4.20. The summed E-state index contributed by atoms with van der Waals surface area (Å²) in [5.74, 6) is -1.12. The number of nitro groups is 1. The van der Waals surface area contributed by atoms with E-state index in [1.54, 1.807) is 0 Å². The van der Waals surface area contributed by atoms with Crippen LogP contribution in [0.5, 0.6) is 5.75 Å². The van der Waals surface area contributed by atoms with E-state index in [9.17, 15) is 14.9 Å². The van der Waals surface area contributed by atoms with E-state index in [0.29, 0.717) is 13.2 Å². The fraction of sp³-hybridized carbons (Fsp3) is 0.462. The van der Waals surface area contributed by atoms with Gasteiger partial charge in [0.25, 0.3) is 0 Å². The van der Waals surface area contributed by atoms with Crippen LogP contribution in [0.4, 0.5) is 5.69 Å². The minimum Gasteiger partial charge on any atom is -0.485 e. The van der Waals surface area contributed by atoms with E-state index in [-0.39, 0.29) is 17.0 Å². The summed E-state index contributed by atoms with van der Waals surface area (Å²) in [4.78, 5) is 23.2. The number of carbonyl (C=O) groups is 1. The Bertz CT molecular complexity index is 486. The Morgan fingerprint density at radius 1 is 1.40 bits per heavy atom. The monoisotopic (exact) mass is 282 g/mol. The van der Waals surface area contributed by atoms with E-state index in [2.05, 4.69) is 4.90 Å². The number of nitro benzene ring substituents is 1. The summed E-state index contributed by atoms with van der Waals surface area (Å²) in [6.45, 7) is 6.76. The first-order valence-electron chi connectivity index (χ1n) is 6.36. The number of hydrogen-bond acceptors (Lipinski definition) is 5. The lowest BCUT2D eigenvalue weighted by molar-refractivity contribution is -0.385. The van der Waals surface area contributed by atoms with Crippen LogP contribution < -0.4 is 4.74 Å². The quantitative estimate of drug-likeness (QED) is 0.579.